The third kappa shape index (κ3) is 4.97. The zero-order valence-electron chi connectivity index (χ0n) is 2.83. The van der Waals surface area contributed by atoms with Crippen molar-refractivity contribution in [3.63, 3.8) is 0 Å². The largest absolute Gasteiger partial charge is 0.346 e. The standard InChI is InChI=1S/Cl2H5NSi2/c1-5(2)3-4/h3,5H,4H3. The van der Waals surface area contributed by atoms with Crippen LogP contribution >= 0.6 is 22.2 Å². The van der Waals surface area contributed by atoms with Gasteiger partial charge in [0, 0.05) is 0 Å². The molecule has 0 spiro atoms. The lowest BCUT2D eigenvalue weighted by Crippen LogP contribution is -2.18. The summed E-state index contributed by atoms with van der Waals surface area (Å²) in [6, 6.07) is 0. The Morgan fingerprint density at radius 2 is 1.80 bits per heavy atom. The van der Waals surface area contributed by atoms with E-state index in [0.29, 0.717) is 0 Å². The summed E-state index contributed by atoms with van der Waals surface area (Å²) in [4.78, 5) is 0. The number of hydrogen-bond acceptors (Lipinski definition) is 1. The molecule has 0 rings (SSSR count). The van der Waals surface area contributed by atoms with Gasteiger partial charge in [-0.15, -0.1) is 22.2 Å². The Hall–Kier alpha value is 0.974. The molecule has 0 amide bonds. The fourth-order valence-corrected chi connectivity index (χ4v) is 0. The fourth-order valence-electron chi connectivity index (χ4n) is 0. The van der Waals surface area contributed by atoms with Crippen molar-refractivity contribution in [3.05, 3.63) is 0 Å². The van der Waals surface area contributed by atoms with E-state index in [1.54, 1.807) is 0 Å². The first-order valence-corrected chi connectivity index (χ1v) is 6.29. The Kier molecular flexibility index (Phi) is 3.79. The Labute approximate surface area is 45.2 Å². The molecule has 0 bridgehead atoms. The van der Waals surface area contributed by atoms with Gasteiger partial charge in [0.25, 0.3) is 7.58 Å². The molecule has 0 saturated carbocycles. The van der Waals surface area contributed by atoms with Gasteiger partial charge in [-0.05, 0) is 0 Å². The van der Waals surface area contributed by atoms with Gasteiger partial charge in [-0.1, -0.05) is 0 Å². The molecule has 0 saturated heterocycles. The van der Waals surface area contributed by atoms with E-state index in [1.807, 2.05) is 0 Å². The Morgan fingerprint density at radius 1 is 1.60 bits per heavy atom. The Bertz CT molecular complexity index is 21.6. The van der Waals surface area contributed by atoms with E-state index in [-0.39, 0.29) is 0 Å². The molecule has 32 valence electrons. The van der Waals surface area contributed by atoms with E-state index in [1.165, 1.54) is 0 Å². The van der Waals surface area contributed by atoms with Gasteiger partial charge in [-0.2, -0.15) is 0 Å². The molecule has 0 aliphatic carbocycles. The van der Waals surface area contributed by atoms with Crippen LogP contribution in [-0.2, 0) is 0 Å². The summed E-state index contributed by atoms with van der Waals surface area (Å²) in [7, 11) is -0.472. The van der Waals surface area contributed by atoms with Crippen LogP contribution in [0, 0.1) is 0 Å². The maximum absolute atomic E-state index is 5.29. The van der Waals surface area contributed by atoms with Gasteiger partial charge in [0.15, 0.2) is 0 Å². The van der Waals surface area contributed by atoms with Crippen LogP contribution in [0.4, 0.5) is 0 Å². The molecule has 5 heteroatoms. The predicted octanol–water partition coefficient (Wildman–Crippen LogP) is -0.949. The summed E-state index contributed by atoms with van der Waals surface area (Å²) in [5.41, 5.74) is 0. The first-order valence-electron chi connectivity index (χ1n) is 1.23. The molecular weight excluding hydrogens is 141 g/mol. The summed E-state index contributed by atoms with van der Waals surface area (Å²) >= 11 is 10.6. The second-order valence-electron chi connectivity index (χ2n) is 0.589. The minimum Gasteiger partial charge on any atom is -0.346 e. The molecule has 0 unspecified atom stereocenters. The molecule has 0 radical (unpaired) electrons. The van der Waals surface area contributed by atoms with Gasteiger partial charge in [-0.25, -0.2) is 0 Å². The van der Waals surface area contributed by atoms with Gasteiger partial charge in [0.05, 0.1) is 10.4 Å². The molecule has 0 aromatic carbocycles. The minimum absolute atomic E-state index is 0.921. The Morgan fingerprint density at radius 3 is 1.80 bits per heavy atom. The zero-order chi connectivity index (χ0) is 4.28. The topological polar surface area (TPSA) is 12.0 Å². The van der Waals surface area contributed by atoms with Crippen molar-refractivity contribution in [1.29, 1.82) is 0 Å². The molecule has 0 fully saturated rings. The van der Waals surface area contributed by atoms with Crippen molar-refractivity contribution in [1.82, 2.24) is 4.65 Å². The van der Waals surface area contributed by atoms with Crippen molar-refractivity contribution in [2.75, 3.05) is 0 Å². The first kappa shape index (κ1) is 5.97. The fraction of sp³-hybridized carbons (Fsp3) is 0. The SMILES string of the molecule is [SiH3]N[SiH](Cl)Cl. The summed E-state index contributed by atoms with van der Waals surface area (Å²) in [5, 5.41) is 0. The lowest BCUT2D eigenvalue weighted by atomic mass is 13.9. The molecule has 0 atom stereocenters. The van der Waals surface area contributed by atoms with Crippen LogP contribution in [0.3, 0.4) is 0 Å². The van der Waals surface area contributed by atoms with Crippen LogP contribution in [0.25, 0.3) is 0 Å². The Balaban J connectivity index is 2.54. The van der Waals surface area contributed by atoms with E-state index in [0.717, 1.165) is 10.4 Å². The summed E-state index contributed by atoms with van der Waals surface area (Å²) < 4.78 is 2.84. The third-order valence-electron chi connectivity index (χ3n) is 0.218. The first-order chi connectivity index (χ1) is 2.27. The van der Waals surface area contributed by atoms with Crippen molar-refractivity contribution >= 4 is 40.1 Å². The highest BCUT2D eigenvalue weighted by Crippen LogP contribution is 1.84. The second kappa shape index (κ2) is 3.17. The van der Waals surface area contributed by atoms with E-state index >= 15 is 0 Å². The van der Waals surface area contributed by atoms with Crippen LogP contribution in [0.2, 0.25) is 0 Å². The highest BCUT2D eigenvalue weighted by molar-refractivity contribution is 7.33. The summed E-state index contributed by atoms with van der Waals surface area (Å²) in [6.45, 7) is 0. The van der Waals surface area contributed by atoms with Crippen LogP contribution in [-0.4, -0.2) is 18.0 Å². The number of hydrogen-bond donors (Lipinski definition) is 1. The highest BCUT2D eigenvalue weighted by Gasteiger charge is 1.89. The third-order valence-corrected chi connectivity index (χ3v) is 5.89. The number of nitrogens with one attached hydrogen (secondary N) is 1. The van der Waals surface area contributed by atoms with Crippen molar-refractivity contribution in [3.8, 4) is 0 Å². The van der Waals surface area contributed by atoms with E-state index in [9.17, 15) is 0 Å². The molecular formula is H5Cl2NSi2. The van der Waals surface area contributed by atoms with Gasteiger partial charge >= 0.3 is 0 Å². The second-order valence-corrected chi connectivity index (χ2v) is 6.79. The molecule has 1 N–H and O–H groups in total. The van der Waals surface area contributed by atoms with Crippen molar-refractivity contribution in [2.45, 2.75) is 0 Å². The van der Waals surface area contributed by atoms with Crippen LogP contribution in [0.15, 0.2) is 0 Å². The monoisotopic (exact) mass is 145 g/mol. The van der Waals surface area contributed by atoms with E-state index < -0.39 is 7.58 Å². The smallest absolute Gasteiger partial charge is 0.300 e. The summed E-state index contributed by atoms with van der Waals surface area (Å²) in [5.74, 6) is 0. The lowest BCUT2D eigenvalue weighted by Gasteiger charge is -1.86. The predicted molar refractivity (Wildman–Crippen MR) is 31.9 cm³/mol. The van der Waals surface area contributed by atoms with Crippen LogP contribution in [0.5, 0.6) is 0 Å². The average Bonchev–Trinajstić information content (AvgIpc) is 1.38. The maximum atomic E-state index is 5.29. The molecule has 5 heavy (non-hydrogen) atoms. The molecule has 1 nitrogen and oxygen atoms in total. The lowest BCUT2D eigenvalue weighted by molar-refractivity contribution is 1.65. The number of halogens is 2. The molecule has 0 aliphatic heterocycles. The van der Waals surface area contributed by atoms with E-state index in [2.05, 4.69) is 4.65 Å². The molecule has 0 aliphatic rings. The molecule has 0 aromatic rings. The van der Waals surface area contributed by atoms with Gasteiger partial charge in [0.1, 0.15) is 0 Å². The van der Waals surface area contributed by atoms with Gasteiger partial charge in [-0.3, -0.25) is 0 Å². The quantitative estimate of drug-likeness (QED) is 0.371. The summed E-state index contributed by atoms with van der Waals surface area (Å²) in [6.07, 6.45) is 0. The average molecular weight is 146 g/mol. The van der Waals surface area contributed by atoms with Crippen molar-refractivity contribution < 1.29 is 0 Å². The van der Waals surface area contributed by atoms with Gasteiger partial charge < -0.3 is 4.65 Å². The molecule has 0 heterocycles. The molecule has 0 aromatic heterocycles. The van der Waals surface area contributed by atoms with Gasteiger partial charge in [0.2, 0.25) is 0 Å². The van der Waals surface area contributed by atoms with Crippen molar-refractivity contribution in [2.24, 2.45) is 0 Å². The zero-order valence-corrected chi connectivity index (χ0v) is 7.50. The van der Waals surface area contributed by atoms with Crippen LogP contribution < -0.4 is 4.65 Å². The maximum Gasteiger partial charge on any atom is 0.300 e. The minimum atomic E-state index is -1.39. The highest BCUT2D eigenvalue weighted by atomic mass is 35.7. The van der Waals surface area contributed by atoms with Crippen LogP contribution in [0.1, 0.15) is 0 Å². The van der Waals surface area contributed by atoms with E-state index in [4.69, 9.17) is 22.2 Å². The number of rotatable bonds is 1. The normalized spacial score (nSPS) is 10.2.